The number of carbonyl (C=O) groups is 1. The minimum atomic E-state index is -1.94. The Labute approximate surface area is 65.6 Å². The molecular weight excluding hydrogens is 166 g/mol. The molecule has 0 bridgehead atoms. The zero-order chi connectivity index (χ0) is 9.07. The maximum absolute atomic E-state index is 10.6. The predicted molar refractivity (Wildman–Crippen MR) is 41.3 cm³/mol. The van der Waals surface area contributed by atoms with E-state index in [9.17, 15) is 14.9 Å². The minimum Gasteiger partial charge on any atom is -0.515 e. The van der Waals surface area contributed by atoms with Crippen molar-refractivity contribution in [3.05, 3.63) is 10.1 Å². The Kier molecular flexibility index (Phi) is 3.18. The molecule has 0 unspecified atom stereocenters. The van der Waals surface area contributed by atoms with Crippen LogP contribution in [0.25, 0.3) is 0 Å². The van der Waals surface area contributed by atoms with E-state index in [-0.39, 0.29) is 0 Å². The fraction of sp³-hybridized carbons (Fsp3) is 0.800. The predicted octanol–water partition coefficient (Wildman–Crippen LogP) is 0.641. The van der Waals surface area contributed by atoms with Crippen LogP contribution in [0.3, 0.4) is 0 Å². The summed E-state index contributed by atoms with van der Waals surface area (Å²) in [6.07, 6.45) is 0. The van der Waals surface area contributed by atoms with Crippen LogP contribution in [0.5, 0.6) is 0 Å². The molecule has 0 atom stereocenters. The third kappa shape index (κ3) is 6.98. The summed E-state index contributed by atoms with van der Waals surface area (Å²) in [5, 5.41) is 9.82. The molecule has 0 aliphatic heterocycles. The highest BCUT2D eigenvalue weighted by Gasteiger charge is 2.22. The SMILES string of the molecule is C[Si](C)(C)OC(=O)C[N+](=O)[O-]. The first-order chi connectivity index (χ1) is 4.81. The fourth-order valence-electron chi connectivity index (χ4n) is 0.479. The van der Waals surface area contributed by atoms with E-state index in [1.54, 1.807) is 19.6 Å². The van der Waals surface area contributed by atoms with Gasteiger partial charge in [0.05, 0.1) is 0 Å². The first-order valence-corrected chi connectivity index (χ1v) is 6.56. The Bertz CT molecular complexity index is 174. The highest BCUT2D eigenvalue weighted by molar-refractivity contribution is 6.71. The van der Waals surface area contributed by atoms with Crippen LogP contribution in [0.4, 0.5) is 0 Å². The molecule has 0 aromatic rings. The maximum Gasteiger partial charge on any atom is 0.365 e. The molecule has 0 amide bonds. The van der Waals surface area contributed by atoms with Crippen LogP contribution in [-0.2, 0) is 9.22 Å². The van der Waals surface area contributed by atoms with Crippen molar-refractivity contribution in [1.29, 1.82) is 0 Å². The molecule has 6 heteroatoms. The number of nitro groups is 1. The average molecular weight is 177 g/mol. The lowest BCUT2D eigenvalue weighted by Gasteiger charge is -2.14. The second-order valence-corrected chi connectivity index (χ2v) is 7.51. The maximum atomic E-state index is 10.6. The van der Waals surface area contributed by atoms with Gasteiger partial charge in [-0.3, -0.25) is 10.1 Å². The molecule has 0 aliphatic carbocycles. The average Bonchev–Trinajstić information content (AvgIpc) is 1.53. The van der Waals surface area contributed by atoms with Gasteiger partial charge in [0.25, 0.3) is 6.54 Å². The Balaban J connectivity index is 3.80. The van der Waals surface area contributed by atoms with Crippen molar-refractivity contribution in [1.82, 2.24) is 0 Å². The van der Waals surface area contributed by atoms with Crippen molar-refractivity contribution in [2.45, 2.75) is 19.6 Å². The highest BCUT2D eigenvalue weighted by Crippen LogP contribution is 2.02. The van der Waals surface area contributed by atoms with Crippen LogP contribution in [0.2, 0.25) is 19.6 Å². The molecule has 0 aromatic carbocycles. The van der Waals surface area contributed by atoms with Crippen molar-refractivity contribution < 1.29 is 14.1 Å². The van der Waals surface area contributed by atoms with Gasteiger partial charge in [-0.25, -0.2) is 4.79 Å². The molecule has 0 saturated heterocycles. The molecule has 0 aliphatic rings. The number of rotatable bonds is 3. The molecule has 0 fully saturated rings. The van der Waals surface area contributed by atoms with Gasteiger partial charge in [0.15, 0.2) is 0 Å². The summed E-state index contributed by atoms with van der Waals surface area (Å²) in [5.74, 6) is -0.742. The summed E-state index contributed by atoms with van der Waals surface area (Å²) < 4.78 is 4.81. The summed E-state index contributed by atoms with van der Waals surface area (Å²) in [5.41, 5.74) is 0. The third-order valence-corrected chi connectivity index (χ3v) is 1.52. The summed E-state index contributed by atoms with van der Waals surface area (Å²) in [6.45, 7) is 4.66. The van der Waals surface area contributed by atoms with Gasteiger partial charge in [-0.2, -0.15) is 0 Å². The van der Waals surface area contributed by atoms with Crippen molar-refractivity contribution in [3.63, 3.8) is 0 Å². The molecule has 0 aromatic heterocycles. The van der Waals surface area contributed by atoms with Gasteiger partial charge >= 0.3 is 5.97 Å². The minimum absolute atomic E-state index is 0.692. The van der Waals surface area contributed by atoms with Crippen molar-refractivity contribution in [2.24, 2.45) is 0 Å². The van der Waals surface area contributed by atoms with Crippen LogP contribution >= 0.6 is 0 Å². The molecule has 0 spiro atoms. The summed E-state index contributed by atoms with van der Waals surface area (Å²) in [6, 6.07) is 0. The summed E-state index contributed by atoms with van der Waals surface area (Å²) >= 11 is 0. The highest BCUT2D eigenvalue weighted by atomic mass is 28.4. The van der Waals surface area contributed by atoms with Gasteiger partial charge in [-0.1, -0.05) is 0 Å². The van der Waals surface area contributed by atoms with Gasteiger partial charge in [0.1, 0.15) is 0 Å². The zero-order valence-corrected chi connectivity index (χ0v) is 7.79. The Morgan fingerprint density at radius 2 is 2.00 bits per heavy atom. The van der Waals surface area contributed by atoms with Crippen LogP contribution in [0.1, 0.15) is 0 Å². The second-order valence-electron chi connectivity index (χ2n) is 3.08. The first-order valence-electron chi connectivity index (χ1n) is 3.15. The molecule has 5 nitrogen and oxygen atoms in total. The van der Waals surface area contributed by atoms with Crippen LogP contribution in [0, 0.1) is 10.1 Å². The van der Waals surface area contributed by atoms with E-state index < -0.39 is 25.8 Å². The lowest BCUT2D eigenvalue weighted by atomic mass is 10.7. The second kappa shape index (κ2) is 3.47. The Morgan fingerprint density at radius 3 is 2.27 bits per heavy atom. The zero-order valence-electron chi connectivity index (χ0n) is 6.79. The van der Waals surface area contributed by atoms with Crippen LogP contribution in [-0.4, -0.2) is 25.8 Å². The largest absolute Gasteiger partial charge is 0.515 e. The van der Waals surface area contributed by atoms with Gasteiger partial charge in [-0.05, 0) is 19.6 Å². The van der Waals surface area contributed by atoms with Gasteiger partial charge < -0.3 is 4.43 Å². The number of hydrogen-bond acceptors (Lipinski definition) is 4. The molecule has 11 heavy (non-hydrogen) atoms. The fourth-order valence-corrected chi connectivity index (χ4v) is 1.23. The summed E-state index contributed by atoms with van der Waals surface area (Å²) in [4.78, 5) is 19.8. The molecule has 64 valence electrons. The number of nitrogens with zero attached hydrogens (tertiary/aromatic N) is 1. The summed E-state index contributed by atoms with van der Waals surface area (Å²) in [7, 11) is -1.94. The van der Waals surface area contributed by atoms with E-state index in [2.05, 4.69) is 0 Å². The van der Waals surface area contributed by atoms with Gasteiger partial charge in [0.2, 0.25) is 8.32 Å². The van der Waals surface area contributed by atoms with Gasteiger partial charge in [-0.15, -0.1) is 0 Å². The van der Waals surface area contributed by atoms with E-state index in [0.29, 0.717) is 0 Å². The lowest BCUT2D eigenvalue weighted by molar-refractivity contribution is -0.469. The molecule has 0 radical (unpaired) electrons. The van der Waals surface area contributed by atoms with E-state index in [0.717, 1.165) is 0 Å². The number of carbonyl (C=O) groups excluding carboxylic acids is 1. The quantitative estimate of drug-likeness (QED) is 0.360. The van der Waals surface area contributed by atoms with Gasteiger partial charge in [0, 0.05) is 4.92 Å². The van der Waals surface area contributed by atoms with E-state index in [1.165, 1.54) is 0 Å². The van der Waals surface area contributed by atoms with E-state index >= 15 is 0 Å². The van der Waals surface area contributed by atoms with Crippen molar-refractivity contribution in [3.8, 4) is 0 Å². The molecule has 0 saturated carbocycles. The lowest BCUT2D eigenvalue weighted by Crippen LogP contribution is -2.32. The first kappa shape index (κ1) is 10.1. The van der Waals surface area contributed by atoms with E-state index in [4.69, 9.17) is 4.43 Å². The van der Waals surface area contributed by atoms with Crippen molar-refractivity contribution in [2.75, 3.05) is 6.54 Å². The molecule has 0 rings (SSSR count). The topological polar surface area (TPSA) is 69.4 Å². The smallest absolute Gasteiger partial charge is 0.365 e. The third-order valence-electron chi connectivity index (χ3n) is 0.678. The molecule has 0 N–H and O–H groups in total. The molecular formula is C5H11NO4Si. The molecule has 0 heterocycles. The van der Waals surface area contributed by atoms with Crippen molar-refractivity contribution >= 4 is 14.3 Å². The van der Waals surface area contributed by atoms with E-state index in [1.807, 2.05) is 0 Å². The Morgan fingerprint density at radius 1 is 1.55 bits per heavy atom. The standard InChI is InChI=1S/C5H11NO4Si/c1-11(2,3)10-5(7)4-6(8)9/h4H2,1-3H3. The normalized spacial score (nSPS) is 10.8. The van der Waals surface area contributed by atoms with Crippen LogP contribution < -0.4 is 0 Å². The van der Waals surface area contributed by atoms with Crippen LogP contribution in [0.15, 0.2) is 0 Å². The Hall–Kier alpha value is -0.913. The number of hydrogen-bond donors (Lipinski definition) is 0. The monoisotopic (exact) mass is 177 g/mol.